The molecule has 0 bridgehead atoms. The third-order valence-electron chi connectivity index (χ3n) is 4.57. The Hall–Kier alpha value is -2.89. The molecule has 0 unspecified atom stereocenters. The summed E-state index contributed by atoms with van der Waals surface area (Å²) in [6.45, 7) is 5.08. The Balaban J connectivity index is 1.60. The van der Waals surface area contributed by atoms with Crippen LogP contribution in [0.2, 0.25) is 0 Å². The van der Waals surface area contributed by atoms with E-state index in [2.05, 4.69) is 11.9 Å². The van der Waals surface area contributed by atoms with Gasteiger partial charge in [-0.2, -0.15) is 0 Å². The molecule has 2 heterocycles. The molecule has 142 valence electrons. The Bertz CT molecular complexity index is 762. The molecule has 0 aliphatic carbocycles. The normalized spacial score (nSPS) is 14.6. The first-order valence-electron chi connectivity index (χ1n) is 9.40. The summed E-state index contributed by atoms with van der Waals surface area (Å²) in [6, 6.07) is 10.7. The predicted molar refractivity (Wildman–Crippen MR) is 103 cm³/mol. The molecule has 2 amide bonds. The SMILES string of the molecule is CCCOc1ccc(C(=O)N2CCCN(C(=O)c3ccncc3)CC2)cc1. The van der Waals surface area contributed by atoms with Crippen molar-refractivity contribution in [3.05, 3.63) is 59.9 Å². The van der Waals surface area contributed by atoms with Crippen molar-refractivity contribution in [2.24, 2.45) is 0 Å². The maximum Gasteiger partial charge on any atom is 0.254 e. The van der Waals surface area contributed by atoms with Gasteiger partial charge in [-0.15, -0.1) is 0 Å². The van der Waals surface area contributed by atoms with Crippen molar-refractivity contribution in [3.63, 3.8) is 0 Å². The van der Waals surface area contributed by atoms with Crippen molar-refractivity contribution >= 4 is 11.8 Å². The zero-order chi connectivity index (χ0) is 19.1. The van der Waals surface area contributed by atoms with Crippen molar-refractivity contribution in [2.45, 2.75) is 19.8 Å². The highest BCUT2D eigenvalue weighted by molar-refractivity contribution is 5.95. The lowest BCUT2D eigenvalue weighted by molar-refractivity contribution is 0.0718. The molecular weight excluding hydrogens is 342 g/mol. The summed E-state index contributed by atoms with van der Waals surface area (Å²) in [7, 11) is 0. The number of carbonyl (C=O) groups is 2. The van der Waals surface area contributed by atoms with Gasteiger partial charge in [0.25, 0.3) is 11.8 Å². The molecule has 6 heteroatoms. The van der Waals surface area contributed by atoms with E-state index in [1.54, 1.807) is 36.7 Å². The molecule has 2 aromatic rings. The number of aromatic nitrogens is 1. The highest BCUT2D eigenvalue weighted by Crippen LogP contribution is 2.16. The average molecular weight is 367 g/mol. The number of nitrogens with zero attached hydrogens (tertiary/aromatic N) is 3. The summed E-state index contributed by atoms with van der Waals surface area (Å²) in [5.41, 5.74) is 1.28. The van der Waals surface area contributed by atoms with Crippen LogP contribution < -0.4 is 4.74 Å². The fraction of sp³-hybridized carbons (Fsp3) is 0.381. The van der Waals surface area contributed by atoms with Gasteiger partial charge in [0.05, 0.1) is 6.61 Å². The van der Waals surface area contributed by atoms with E-state index in [0.29, 0.717) is 43.9 Å². The number of benzene rings is 1. The molecule has 0 saturated carbocycles. The van der Waals surface area contributed by atoms with Crippen LogP contribution in [0.25, 0.3) is 0 Å². The minimum absolute atomic E-state index is 0.00440. The quantitative estimate of drug-likeness (QED) is 0.815. The molecule has 1 aliphatic rings. The van der Waals surface area contributed by atoms with Gasteiger partial charge in [-0.3, -0.25) is 14.6 Å². The number of hydrogen-bond donors (Lipinski definition) is 0. The highest BCUT2D eigenvalue weighted by atomic mass is 16.5. The molecule has 1 aromatic heterocycles. The first-order chi connectivity index (χ1) is 13.2. The topological polar surface area (TPSA) is 62.7 Å². The molecule has 1 aromatic carbocycles. The van der Waals surface area contributed by atoms with Crippen molar-refractivity contribution in [3.8, 4) is 5.75 Å². The summed E-state index contributed by atoms with van der Waals surface area (Å²) in [6.07, 6.45) is 4.95. The standard InChI is InChI=1S/C21H25N3O3/c1-2-16-27-19-6-4-17(5-7-19)20(25)23-12-3-13-24(15-14-23)21(26)18-8-10-22-11-9-18/h4-11H,2-3,12-16H2,1H3. The predicted octanol–water partition coefficient (Wildman–Crippen LogP) is 2.86. The van der Waals surface area contributed by atoms with Gasteiger partial charge in [0, 0.05) is 49.7 Å². The van der Waals surface area contributed by atoms with Crippen LogP contribution in [0.1, 0.15) is 40.5 Å². The van der Waals surface area contributed by atoms with Gasteiger partial charge >= 0.3 is 0 Å². The Labute approximate surface area is 159 Å². The minimum Gasteiger partial charge on any atom is -0.494 e. The van der Waals surface area contributed by atoms with Crippen LogP contribution >= 0.6 is 0 Å². The number of rotatable bonds is 5. The lowest BCUT2D eigenvalue weighted by atomic mass is 10.2. The smallest absolute Gasteiger partial charge is 0.254 e. The van der Waals surface area contributed by atoms with Crippen LogP contribution in [-0.4, -0.2) is 59.4 Å². The van der Waals surface area contributed by atoms with Crippen LogP contribution in [0.4, 0.5) is 0 Å². The van der Waals surface area contributed by atoms with Crippen LogP contribution in [0.3, 0.4) is 0 Å². The van der Waals surface area contributed by atoms with Gasteiger partial charge in [-0.1, -0.05) is 6.92 Å². The Morgan fingerprint density at radius 3 is 2.00 bits per heavy atom. The van der Waals surface area contributed by atoms with Gasteiger partial charge in [-0.25, -0.2) is 0 Å². The Morgan fingerprint density at radius 2 is 1.44 bits per heavy atom. The van der Waals surface area contributed by atoms with Gasteiger partial charge in [0.2, 0.25) is 0 Å². The number of carbonyl (C=O) groups excluding carboxylic acids is 2. The summed E-state index contributed by atoms with van der Waals surface area (Å²) in [5.74, 6) is 0.762. The molecule has 0 radical (unpaired) electrons. The van der Waals surface area contributed by atoms with E-state index in [1.165, 1.54) is 0 Å². The summed E-state index contributed by atoms with van der Waals surface area (Å²) >= 11 is 0. The number of hydrogen-bond acceptors (Lipinski definition) is 4. The number of ether oxygens (including phenoxy) is 1. The molecule has 1 fully saturated rings. The Kier molecular flexibility index (Phi) is 6.41. The maximum absolute atomic E-state index is 12.8. The lowest BCUT2D eigenvalue weighted by Crippen LogP contribution is -2.37. The van der Waals surface area contributed by atoms with Crippen LogP contribution in [0, 0.1) is 0 Å². The fourth-order valence-corrected chi connectivity index (χ4v) is 3.10. The first-order valence-corrected chi connectivity index (χ1v) is 9.40. The second kappa shape index (κ2) is 9.16. The van der Waals surface area contributed by atoms with E-state index in [0.717, 1.165) is 18.6 Å². The Morgan fingerprint density at radius 1 is 0.889 bits per heavy atom. The van der Waals surface area contributed by atoms with Gasteiger partial charge in [-0.05, 0) is 49.2 Å². The van der Waals surface area contributed by atoms with Crippen molar-refractivity contribution in [1.82, 2.24) is 14.8 Å². The van der Waals surface area contributed by atoms with Gasteiger partial charge < -0.3 is 14.5 Å². The maximum atomic E-state index is 12.8. The zero-order valence-corrected chi connectivity index (χ0v) is 15.6. The molecule has 27 heavy (non-hydrogen) atoms. The second-order valence-electron chi connectivity index (χ2n) is 6.55. The molecule has 0 N–H and O–H groups in total. The molecule has 1 saturated heterocycles. The third kappa shape index (κ3) is 4.84. The zero-order valence-electron chi connectivity index (χ0n) is 15.6. The van der Waals surface area contributed by atoms with Gasteiger partial charge in [0.15, 0.2) is 0 Å². The van der Waals surface area contributed by atoms with Crippen LogP contribution in [0.15, 0.2) is 48.8 Å². The van der Waals surface area contributed by atoms with Crippen LogP contribution in [-0.2, 0) is 0 Å². The highest BCUT2D eigenvalue weighted by Gasteiger charge is 2.23. The number of amides is 2. The largest absolute Gasteiger partial charge is 0.494 e. The van der Waals surface area contributed by atoms with Crippen LogP contribution in [0.5, 0.6) is 5.75 Å². The van der Waals surface area contributed by atoms with E-state index in [4.69, 9.17) is 4.74 Å². The molecule has 0 atom stereocenters. The summed E-state index contributed by atoms with van der Waals surface area (Å²) in [4.78, 5) is 33.0. The second-order valence-corrected chi connectivity index (χ2v) is 6.55. The number of pyridine rings is 1. The van der Waals surface area contributed by atoms with Crippen molar-refractivity contribution < 1.29 is 14.3 Å². The van der Waals surface area contributed by atoms with E-state index in [9.17, 15) is 9.59 Å². The molecule has 0 spiro atoms. The van der Waals surface area contributed by atoms with E-state index in [1.807, 2.05) is 21.9 Å². The average Bonchev–Trinajstić information content (AvgIpc) is 2.98. The summed E-state index contributed by atoms with van der Waals surface area (Å²) in [5, 5.41) is 0. The van der Waals surface area contributed by atoms with E-state index in [-0.39, 0.29) is 11.8 Å². The molecular formula is C21H25N3O3. The molecule has 6 nitrogen and oxygen atoms in total. The van der Waals surface area contributed by atoms with E-state index < -0.39 is 0 Å². The van der Waals surface area contributed by atoms with Crippen molar-refractivity contribution in [1.29, 1.82) is 0 Å². The molecule has 1 aliphatic heterocycles. The minimum atomic E-state index is -0.0101. The summed E-state index contributed by atoms with van der Waals surface area (Å²) < 4.78 is 5.56. The first kappa shape index (κ1) is 18.9. The third-order valence-corrected chi connectivity index (χ3v) is 4.57. The van der Waals surface area contributed by atoms with Gasteiger partial charge in [0.1, 0.15) is 5.75 Å². The lowest BCUT2D eigenvalue weighted by Gasteiger charge is -2.22. The van der Waals surface area contributed by atoms with E-state index >= 15 is 0 Å². The fourth-order valence-electron chi connectivity index (χ4n) is 3.10. The van der Waals surface area contributed by atoms with Crippen molar-refractivity contribution in [2.75, 3.05) is 32.8 Å². The molecule has 3 rings (SSSR count). The monoisotopic (exact) mass is 367 g/mol.